The summed E-state index contributed by atoms with van der Waals surface area (Å²) in [6.07, 6.45) is 4.99. The number of amides is 2. The Kier molecular flexibility index (Phi) is 5.95. The summed E-state index contributed by atoms with van der Waals surface area (Å²) in [6.45, 7) is 1.91. The van der Waals surface area contributed by atoms with E-state index in [1.54, 1.807) is 4.90 Å². The van der Waals surface area contributed by atoms with Gasteiger partial charge in [0.2, 0.25) is 11.8 Å². The van der Waals surface area contributed by atoms with Crippen LogP contribution >= 0.6 is 0 Å². The van der Waals surface area contributed by atoms with Gasteiger partial charge in [-0.1, -0.05) is 30.3 Å². The minimum Gasteiger partial charge on any atom is -0.342 e. The number of hydrogen-bond donors (Lipinski definition) is 0. The predicted molar refractivity (Wildman–Crippen MR) is 111 cm³/mol. The molecule has 0 aromatic heterocycles. The van der Waals surface area contributed by atoms with Crippen LogP contribution in [0.5, 0.6) is 0 Å². The Labute approximate surface area is 173 Å². The minimum atomic E-state index is -3.04. The first-order chi connectivity index (χ1) is 13.9. The lowest BCUT2D eigenvalue weighted by atomic mass is 9.90. The molecule has 3 saturated heterocycles. The fraction of sp³-hybridized carbons (Fsp3) is 0.636. The zero-order valence-electron chi connectivity index (χ0n) is 16.8. The smallest absolute Gasteiger partial charge is 0.227 e. The van der Waals surface area contributed by atoms with Crippen molar-refractivity contribution in [1.29, 1.82) is 0 Å². The number of aryl methyl sites for hydroxylation is 1. The van der Waals surface area contributed by atoms with Crippen molar-refractivity contribution in [2.45, 2.75) is 44.6 Å². The van der Waals surface area contributed by atoms with Gasteiger partial charge in [-0.2, -0.15) is 0 Å². The molecule has 7 heteroatoms. The fourth-order valence-corrected chi connectivity index (χ4v) is 6.72. The summed E-state index contributed by atoms with van der Waals surface area (Å²) in [6, 6.07) is 10.3. The van der Waals surface area contributed by atoms with E-state index in [9.17, 15) is 18.0 Å². The average Bonchev–Trinajstić information content (AvgIpc) is 3.29. The average molecular weight is 419 g/mol. The molecule has 2 unspecified atom stereocenters. The van der Waals surface area contributed by atoms with Crippen molar-refractivity contribution in [3.63, 3.8) is 0 Å². The van der Waals surface area contributed by atoms with Crippen LogP contribution in [0.1, 0.15) is 37.7 Å². The van der Waals surface area contributed by atoms with Crippen molar-refractivity contribution in [3.05, 3.63) is 35.9 Å². The second-order valence-corrected chi connectivity index (χ2v) is 11.0. The number of carbonyl (C=O) groups excluding carboxylic acids is 2. The third-order valence-electron chi connectivity index (χ3n) is 6.77. The highest BCUT2D eigenvalue weighted by Crippen LogP contribution is 2.29. The van der Waals surface area contributed by atoms with Crippen LogP contribution in [-0.2, 0) is 25.8 Å². The van der Waals surface area contributed by atoms with Crippen LogP contribution in [0.3, 0.4) is 0 Å². The number of carbonyl (C=O) groups is 2. The number of piperidine rings is 1. The van der Waals surface area contributed by atoms with Gasteiger partial charge >= 0.3 is 0 Å². The van der Waals surface area contributed by atoms with Gasteiger partial charge < -0.3 is 9.80 Å². The van der Waals surface area contributed by atoms with Gasteiger partial charge in [0.25, 0.3) is 0 Å². The van der Waals surface area contributed by atoms with Gasteiger partial charge in [-0.15, -0.1) is 0 Å². The zero-order valence-corrected chi connectivity index (χ0v) is 17.6. The highest BCUT2D eigenvalue weighted by atomic mass is 32.2. The first kappa shape index (κ1) is 20.4. The Morgan fingerprint density at radius 3 is 2.45 bits per heavy atom. The number of likely N-dealkylation sites (tertiary alicyclic amines) is 2. The Morgan fingerprint density at radius 2 is 1.79 bits per heavy atom. The summed E-state index contributed by atoms with van der Waals surface area (Å²) in [7, 11) is -3.04. The van der Waals surface area contributed by atoms with Gasteiger partial charge in [-0.25, -0.2) is 8.42 Å². The van der Waals surface area contributed by atoms with Crippen molar-refractivity contribution in [2.24, 2.45) is 11.8 Å². The van der Waals surface area contributed by atoms with E-state index in [4.69, 9.17) is 0 Å². The van der Waals surface area contributed by atoms with Gasteiger partial charge in [0.1, 0.15) is 0 Å². The second-order valence-electron chi connectivity index (χ2n) is 8.80. The first-order valence-electron chi connectivity index (χ1n) is 10.7. The molecular weight excluding hydrogens is 388 g/mol. The minimum absolute atomic E-state index is 0.0481. The van der Waals surface area contributed by atoms with E-state index in [0.717, 1.165) is 38.8 Å². The monoisotopic (exact) mass is 418 g/mol. The number of sulfone groups is 1. The van der Waals surface area contributed by atoms with E-state index in [1.807, 2.05) is 11.0 Å². The lowest BCUT2D eigenvalue weighted by Gasteiger charge is -2.33. The largest absolute Gasteiger partial charge is 0.342 e. The SMILES string of the molecule is O=C(C1CC(=O)N(C2CCS(=O)(=O)C2)C1)N1CCC(CCc2ccccc2)CC1. The van der Waals surface area contributed by atoms with Crippen LogP contribution in [0.15, 0.2) is 30.3 Å². The second kappa shape index (κ2) is 8.46. The van der Waals surface area contributed by atoms with Gasteiger partial charge in [0.15, 0.2) is 9.84 Å². The van der Waals surface area contributed by atoms with E-state index < -0.39 is 9.84 Å². The van der Waals surface area contributed by atoms with Crippen molar-refractivity contribution < 1.29 is 18.0 Å². The first-order valence-corrected chi connectivity index (χ1v) is 12.6. The van der Waals surface area contributed by atoms with E-state index in [2.05, 4.69) is 24.3 Å². The third-order valence-corrected chi connectivity index (χ3v) is 8.52. The molecular formula is C22H30N2O4S. The molecule has 0 bridgehead atoms. The van der Waals surface area contributed by atoms with E-state index in [0.29, 0.717) is 18.9 Å². The van der Waals surface area contributed by atoms with Crippen molar-refractivity contribution >= 4 is 21.7 Å². The molecule has 1 aromatic rings. The molecule has 158 valence electrons. The molecule has 0 saturated carbocycles. The van der Waals surface area contributed by atoms with Crippen LogP contribution in [-0.4, -0.2) is 67.2 Å². The summed E-state index contributed by atoms with van der Waals surface area (Å²) < 4.78 is 23.5. The molecule has 4 rings (SSSR count). The van der Waals surface area contributed by atoms with Crippen LogP contribution in [0.25, 0.3) is 0 Å². The summed E-state index contributed by atoms with van der Waals surface area (Å²) in [5, 5.41) is 0. The highest BCUT2D eigenvalue weighted by Gasteiger charge is 2.43. The molecule has 3 heterocycles. The van der Waals surface area contributed by atoms with Crippen LogP contribution in [0.2, 0.25) is 0 Å². The third kappa shape index (κ3) is 4.82. The highest BCUT2D eigenvalue weighted by molar-refractivity contribution is 7.91. The number of hydrogen-bond acceptors (Lipinski definition) is 4. The normalized spacial score (nSPS) is 27.5. The molecule has 0 N–H and O–H groups in total. The van der Waals surface area contributed by atoms with E-state index in [1.165, 1.54) is 5.56 Å². The lowest BCUT2D eigenvalue weighted by Crippen LogP contribution is -2.43. The number of nitrogens with zero attached hydrogens (tertiary/aromatic N) is 2. The molecule has 0 spiro atoms. The molecule has 0 aliphatic carbocycles. The number of rotatable bonds is 5. The van der Waals surface area contributed by atoms with Crippen molar-refractivity contribution in [1.82, 2.24) is 9.80 Å². The predicted octanol–water partition coefficient (Wildman–Crippen LogP) is 1.89. The standard InChI is InChI=1S/C22H30N2O4S/c25-21-14-19(15-24(21)20-10-13-29(27,28)16-20)22(26)23-11-8-18(9-12-23)7-6-17-4-2-1-3-5-17/h1-5,18-20H,6-16H2. The van der Waals surface area contributed by atoms with Gasteiger partial charge in [-0.3, -0.25) is 9.59 Å². The zero-order chi connectivity index (χ0) is 20.4. The molecule has 6 nitrogen and oxygen atoms in total. The molecule has 3 aliphatic heterocycles. The molecule has 0 radical (unpaired) electrons. The maximum Gasteiger partial charge on any atom is 0.227 e. The maximum atomic E-state index is 12.9. The van der Waals surface area contributed by atoms with Gasteiger partial charge in [0.05, 0.1) is 17.4 Å². The lowest BCUT2D eigenvalue weighted by molar-refractivity contribution is -0.137. The Morgan fingerprint density at radius 1 is 1.07 bits per heavy atom. The molecule has 2 atom stereocenters. The summed E-state index contributed by atoms with van der Waals surface area (Å²) in [4.78, 5) is 28.9. The fourth-order valence-electron chi connectivity index (χ4n) is 4.99. The van der Waals surface area contributed by atoms with Crippen molar-refractivity contribution in [3.8, 4) is 0 Å². The Bertz CT molecular complexity index is 847. The van der Waals surface area contributed by atoms with Crippen LogP contribution in [0.4, 0.5) is 0 Å². The molecule has 29 heavy (non-hydrogen) atoms. The number of benzene rings is 1. The molecule has 3 fully saturated rings. The molecule has 2 amide bonds. The quantitative estimate of drug-likeness (QED) is 0.732. The summed E-state index contributed by atoms with van der Waals surface area (Å²) >= 11 is 0. The van der Waals surface area contributed by atoms with Crippen LogP contribution in [0, 0.1) is 11.8 Å². The van der Waals surface area contributed by atoms with E-state index >= 15 is 0 Å². The maximum absolute atomic E-state index is 12.9. The Balaban J connectivity index is 1.25. The van der Waals surface area contributed by atoms with Gasteiger partial charge in [0, 0.05) is 32.1 Å². The van der Waals surface area contributed by atoms with E-state index in [-0.39, 0.29) is 41.7 Å². The summed E-state index contributed by atoms with van der Waals surface area (Å²) in [5.41, 5.74) is 1.37. The molecule has 1 aromatic carbocycles. The van der Waals surface area contributed by atoms with Crippen molar-refractivity contribution in [2.75, 3.05) is 31.1 Å². The Hall–Kier alpha value is -1.89. The topological polar surface area (TPSA) is 74.8 Å². The summed E-state index contributed by atoms with van der Waals surface area (Å²) in [5.74, 6) is 0.533. The van der Waals surface area contributed by atoms with Crippen LogP contribution < -0.4 is 0 Å². The molecule has 3 aliphatic rings. The van der Waals surface area contributed by atoms with Gasteiger partial charge in [-0.05, 0) is 43.6 Å².